The highest BCUT2D eigenvalue weighted by Gasteiger charge is 2.22. The second-order valence-electron chi connectivity index (χ2n) is 8.49. The van der Waals surface area contributed by atoms with E-state index in [2.05, 4.69) is 0 Å². The topological polar surface area (TPSA) is 70.7 Å². The van der Waals surface area contributed by atoms with Gasteiger partial charge in [-0.15, -0.1) is 0 Å². The van der Waals surface area contributed by atoms with Crippen LogP contribution in [-0.2, 0) is 11.3 Å². The molecule has 1 aliphatic rings. The quantitative estimate of drug-likeness (QED) is 0.301. The molecule has 0 aliphatic heterocycles. The molecule has 0 radical (unpaired) electrons. The number of esters is 1. The molecule has 34 heavy (non-hydrogen) atoms. The van der Waals surface area contributed by atoms with E-state index in [0.717, 1.165) is 42.4 Å². The van der Waals surface area contributed by atoms with Gasteiger partial charge in [-0.25, -0.2) is 4.79 Å². The SMILES string of the molecule is COC(=O)c1cc(-c2cccc(COc3ccc4c(=O)n(C5CCCC5)oc4c3)c2)ccc1Cl. The van der Waals surface area contributed by atoms with Gasteiger partial charge in [0.15, 0.2) is 5.58 Å². The molecule has 0 saturated heterocycles. The molecule has 0 unspecified atom stereocenters. The molecular weight excluding hydrogens is 454 g/mol. The number of fused-ring (bicyclic) bond motifs is 1. The molecule has 6 nitrogen and oxygen atoms in total. The fraction of sp³-hybridized carbons (Fsp3) is 0.259. The molecular formula is C27H24ClNO5. The van der Waals surface area contributed by atoms with Crippen molar-refractivity contribution in [2.24, 2.45) is 0 Å². The average Bonchev–Trinajstić information content (AvgIpc) is 3.51. The van der Waals surface area contributed by atoms with Crippen LogP contribution in [0.15, 0.2) is 70.0 Å². The van der Waals surface area contributed by atoms with E-state index in [9.17, 15) is 9.59 Å². The number of hydrogen-bond donors (Lipinski definition) is 0. The Balaban J connectivity index is 1.34. The Kier molecular flexibility index (Phi) is 6.16. The first-order valence-electron chi connectivity index (χ1n) is 11.3. The molecule has 1 saturated carbocycles. The first kappa shape index (κ1) is 22.3. The van der Waals surface area contributed by atoms with Gasteiger partial charge in [0.25, 0.3) is 5.56 Å². The maximum absolute atomic E-state index is 12.7. The number of hydrogen-bond acceptors (Lipinski definition) is 5. The lowest BCUT2D eigenvalue weighted by Crippen LogP contribution is -2.18. The van der Waals surface area contributed by atoms with Gasteiger partial charge in [0.05, 0.1) is 29.1 Å². The lowest BCUT2D eigenvalue weighted by Gasteiger charge is -2.10. The Bertz CT molecular complexity index is 1410. The number of nitrogens with zero attached hydrogens (tertiary/aromatic N) is 1. The van der Waals surface area contributed by atoms with Gasteiger partial charge < -0.3 is 14.0 Å². The van der Waals surface area contributed by atoms with Gasteiger partial charge in [0.2, 0.25) is 0 Å². The van der Waals surface area contributed by atoms with E-state index in [1.54, 1.807) is 30.3 Å². The standard InChI is InChI=1S/C27H24ClNO5/c1-32-27(31)23-14-19(9-12-24(23)28)18-6-4-5-17(13-18)16-33-21-10-11-22-25(15-21)34-29(26(22)30)20-7-2-3-8-20/h4-6,9-15,20H,2-3,7-8,16H2,1H3. The van der Waals surface area contributed by atoms with Crippen molar-refractivity contribution in [3.63, 3.8) is 0 Å². The summed E-state index contributed by atoms with van der Waals surface area (Å²) in [6.07, 6.45) is 4.21. The largest absolute Gasteiger partial charge is 0.489 e. The first-order valence-corrected chi connectivity index (χ1v) is 11.7. The summed E-state index contributed by atoms with van der Waals surface area (Å²) in [6.45, 7) is 0.338. The molecule has 0 spiro atoms. The number of rotatable bonds is 6. The van der Waals surface area contributed by atoms with Gasteiger partial charge in [0.1, 0.15) is 12.4 Å². The van der Waals surface area contributed by atoms with E-state index in [-0.39, 0.29) is 11.6 Å². The summed E-state index contributed by atoms with van der Waals surface area (Å²) in [4.78, 5) is 24.7. The second-order valence-corrected chi connectivity index (χ2v) is 8.90. The zero-order valence-electron chi connectivity index (χ0n) is 18.8. The van der Waals surface area contributed by atoms with Crippen molar-refractivity contribution < 1.29 is 18.8 Å². The van der Waals surface area contributed by atoms with Gasteiger partial charge >= 0.3 is 5.97 Å². The predicted octanol–water partition coefficient (Wildman–Crippen LogP) is 6.40. The lowest BCUT2D eigenvalue weighted by atomic mass is 10.0. The number of benzene rings is 3. The van der Waals surface area contributed by atoms with Crippen LogP contribution in [0.1, 0.15) is 47.6 Å². The van der Waals surface area contributed by atoms with Crippen LogP contribution in [-0.4, -0.2) is 17.8 Å². The van der Waals surface area contributed by atoms with Crippen LogP contribution >= 0.6 is 11.6 Å². The van der Waals surface area contributed by atoms with E-state index in [4.69, 9.17) is 25.6 Å². The van der Waals surface area contributed by atoms with Crippen LogP contribution in [0.2, 0.25) is 5.02 Å². The first-order chi connectivity index (χ1) is 16.5. The van der Waals surface area contributed by atoms with Crippen LogP contribution in [0.3, 0.4) is 0 Å². The zero-order valence-corrected chi connectivity index (χ0v) is 19.5. The molecule has 0 N–H and O–H groups in total. The fourth-order valence-electron chi connectivity index (χ4n) is 4.47. The number of carbonyl (C=O) groups is 1. The Labute approximate surface area is 201 Å². The summed E-state index contributed by atoms with van der Waals surface area (Å²) in [7, 11) is 1.33. The van der Waals surface area contributed by atoms with Crippen molar-refractivity contribution >= 4 is 28.5 Å². The average molecular weight is 478 g/mol. The molecule has 4 aromatic rings. The maximum Gasteiger partial charge on any atom is 0.339 e. The van der Waals surface area contributed by atoms with Crippen LogP contribution in [0.4, 0.5) is 0 Å². The molecule has 5 rings (SSSR count). The summed E-state index contributed by atoms with van der Waals surface area (Å²) in [5.74, 6) is 0.153. The Morgan fingerprint density at radius 3 is 2.65 bits per heavy atom. The Morgan fingerprint density at radius 1 is 1.06 bits per heavy atom. The number of ether oxygens (including phenoxy) is 2. The molecule has 0 atom stereocenters. The van der Waals surface area contributed by atoms with Crippen molar-refractivity contribution in [3.8, 4) is 16.9 Å². The van der Waals surface area contributed by atoms with Crippen molar-refractivity contribution in [1.29, 1.82) is 0 Å². The monoisotopic (exact) mass is 477 g/mol. The molecule has 1 aromatic heterocycles. The highest BCUT2D eigenvalue weighted by molar-refractivity contribution is 6.33. The maximum atomic E-state index is 12.7. The normalized spacial score (nSPS) is 13.9. The summed E-state index contributed by atoms with van der Waals surface area (Å²) >= 11 is 6.15. The Hall–Kier alpha value is -3.51. The van der Waals surface area contributed by atoms with Crippen molar-refractivity contribution in [3.05, 3.63) is 87.2 Å². The molecule has 0 amide bonds. The summed E-state index contributed by atoms with van der Waals surface area (Å²) in [5.41, 5.74) is 3.52. The van der Waals surface area contributed by atoms with Crippen molar-refractivity contribution in [1.82, 2.24) is 4.74 Å². The molecule has 0 bridgehead atoms. The van der Waals surface area contributed by atoms with Crippen LogP contribution in [0, 0.1) is 0 Å². The third kappa shape index (κ3) is 4.33. The van der Waals surface area contributed by atoms with Gasteiger partial charge in [-0.05, 0) is 59.9 Å². The number of halogens is 1. The molecule has 1 aliphatic carbocycles. The van der Waals surface area contributed by atoms with Crippen molar-refractivity contribution in [2.75, 3.05) is 7.11 Å². The minimum Gasteiger partial charge on any atom is -0.489 e. The highest BCUT2D eigenvalue weighted by atomic mass is 35.5. The molecule has 7 heteroatoms. The Morgan fingerprint density at radius 2 is 1.85 bits per heavy atom. The zero-order chi connectivity index (χ0) is 23.7. The smallest absolute Gasteiger partial charge is 0.339 e. The summed E-state index contributed by atoms with van der Waals surface area (Å²) in [5, 5.41) is 0.921. The highest BCUT2D eigenvalue weighted by Crippen LogP contribution is 2.31. The number of carbonyl (C=O) groups excluding carboxylic acids is 1. The van der Waals surface area contributed by atoms with E-state index in [1.807, 2.05) is 30.3 Å². The number of aromatic nitrogens is 1. The van der Waals surface area contributed by atoms with E-state index >= 15 is 0 Å². The van der Waals surface area contributed by atoms with Crippen LogP contribution in [0.5, 0.6) is 5.75 Å². The molecule has 174 valence electrons. The van der Waals surface area contributed by atoms with E-state index in [1.165, 1.54) is 11.8 Å². The second kappa shape index (κ2) is 9.39. The van der Waals surface area contributed by atoms with Crippen molar-refractivity contribution in [2.45, 2.75) is 38.3 Å². The van der Waals surface area contributed by atoms with E-state index < -0.39 is 5.97 Å². The summed E-state index contributed by atoms with van der Waals surface area (Å²) < 4.78 is 18.2. The minimum absolute atomic E-state index is 0.0737. The lowest BCUT2D eigenvalue weighted by molar-refractivity contribution is 0.0601. The van der Waals surface area contributed by atoms with Crippen LogP contribution < -0.4 is 10.3 Å². The third-order valence-electron chi connectivity index (χ3n) is 6.27. The minimum atomic E-state index is -0.477. The predicted molar refractivity (Wildman–Crippen MR) is 131 cm³/mol. The van der Waals surface area contributed by atoms with Gasteiger partial charge in [-0.3, -0.25) is 4.79 Å². The number of methoxy groups -OCH3 is 1. The third-order valence-corrected chi connectivity index (χ3v) is 6.60. The molecule has 1 fully saturated rings. The van der Waals surface area contributed by atoms with Crippen LogP contribution in [0.25, 0.3) is 22.1 Å². The molecule has 3 aromatic carbocycles. The fourth-order valence-corrected chi connectivity index (χ4v) is 4.66. The molecule has 1 heterocycles. The van der Waals surface area contributed by atoms with Gasteiger partial charge in [-0.1, -0.05) is 48.7 Å². The van der Waals surface area contributed by atoms with Gasteiger partial charge in [0, 0.05) is 6.07 Å². The summed E-state index contributed by atoms with van der Waals surface area (Å²) in [6, 6.07) is 18.6. The van der Waals surface area contributed by atoms with E-state index in [0.29, 0.717) is 33.9 Å². The van der Waals surface area contributed by atoms with Gasteiger partial charge in [-0.2, -0.15) is 4.74 Å².